The van der Waals surface area contributed by atoms with Gasteiger partial charge in [-0.2, -0.15) is 5.06 Å². The van der Waals surface area contributed by atoms with E-state index in [1.807, 2.05) is 27.7 Å². The Labute approximate surface area is 171 Å². The topological polar surface area (TPSA) is 143 Å². The first kappa shape index (κ1) is 24.0. The van der Waals surface area contributed by atoms with Crippen molar-refractivity contribution >= 4 is 11.8 Å². The van der Waals surface area contributed by atoms with Gasteiger partial charge in [0.1, 0.15) is 24.5 Å². The Morgan fingerprint density at radius 3 is 2.07 bits per heavy atom. The van der Waals surface area contributed by atoms with E-state index in [1.165, 1.54) is 18.9 Å². The van der Waals surface area contributed by atoms with Crippen LogP contribution in [0.1, 0.15) is 54.4 Å². The molecule has 2 amide bonds. The summed E-state index contributed by atoms with van der Waals surface area (Å²) in [4.78, 5) is 22.9. The molecule has 0 aromatic carbocycles. The predicted molar refractivity (Wildman–Crippen MR) is 105 cm³/mol. The monoisotopic (exact) mass is 416 g/mol. The van der Waals surface area contributed by atoms with Crippen LogP contribution in [0, 0.1) is 0 Å². The molecule has 10 nitrogen and oxygen atoms in total. The number of aliphatic hydroxyl groups excluding tert-OH is 2. The molecular weight excluding hydrogens is 380 g/mol. The van der Waals surface area contributed by atoms with Crippen molar-refractivity contribution in [1.29, 1.82) is 0 Å². The Morgan fingerprint density at radius 2 is 1.59 bits per heavy atom. The van der Waals surface area contributed by atoms with E-state index >= 15 is 0 Å². The van der Waals surface area contributed by atoms with Crippen molar-refractivity contribution in [3.63, 3.8) is 0 Å². The van der Waals surface area contributed by atoms with Crippen molar-refractivity contribution in [2.24, 2.45) is 0 Å². The van der Waals surface area contributed by atoms with Crippen LogP contribution in [0.2, 0.25) is 0 Å². The summed E-state index contributed by atoms with van der Waals surface area (Å²) >= 11 is 0. The summed E-state index contributed by atoms with van der Waals surface area (Å²) in [5.41, 5.74) is -0.989. The molecule has 10 heteroatoms. The lowest BCUT2D eigenvalue weighted by Gasteiger charge is -2.53. The molecule has 2 fully saturated rings. The van der Waals surface area contributed by atoms with Gasteiger partial charge in [0.05, 0.1) is 6.04 Å². The largest absolute Gasteiger partial charge is 0.388 e. The minimum atomic E-state index is -1.28. The summed E-state index contributed by atoms with van der Waals surface area (Å²) in [5.74, 6) is -0.634. The number of rotatable bonds is 5. The Hall–Kier alpha value is -1.30. The van der Waals surface area contributed by atoms with Gasteiger partial charge in [0.25, 0.3) is 0 Å². The third kappa shape index (κ3) is 5.65. The number of hydroxylamine groups is 2. The molecule has 5 atom stereocenters. The number of piperidine rings is 1. The van der Waals surface area contributed by atoms with Crippen molar-refractivity contribution in [3.8, 4) is 0 Å². The molecule has 0 aromatic heterocycles. The van der Waals surface area contributed by atoms with Gasteiger partial charge in [0, 0.05) is 37.5 Å². The Bertz CT molecular complexity index is 594. The maximum absolute atomic E-state index is 11.7. The first-order valence-electron chi connectivity index (χ1n) is 10.0. The van der Waals surface area contributed by atoms with Crippen LogP contribution in [0.15, 0.2) is 0 Å². The zero-order chi connectivity index (χ0) is 22.1. The molecule has 0 spiro atoms. The molecule has 168 valence electrons. The second-order valence-electron chi connectivity index (χ2n) is 9.45. The molecule has 2 aliphatic heterocycles. The maximum atomic E-state index is 11.7. The summed E-state index contributed by atoms with van der Waals surface area (Å²) in [5, 5.41) is 41.5. The lowest BCUT2D eigenvalue weighted by molar-refractivity contribution is -0.251. The van der Waals surface area contributed by atoms with Gasteiger partial charge in [-0.1, -0.05) is 0 Å². The van der Waals surface area contributed by atoms with E-state index in [-0.39, 0.29) is 24.4 Å². The average molecular weight is 417 g/mol. The highest BCUT2D eigenvalue weighted by Gasteiger charge is 2.49. The summed E-state index contributed by atoms with van der Waals surface area (Å²) < 4.78 is 5.97. The molecular formula is C19H36N4O6. The fraction of sp³-hybridized carbons (Fsp3) is 0.895. The van der Waals surface area contributed by atoms with Gasteiger partial charge in [-0.25, -0.2) is 0 Å². The van der Waals surface area contributed by atoms with E-state index in [9.17, 15) is 25.0 Å². The van der Waals surface area contributed by atoms with Gasteiger partial charge in [-0.3, -0.25) is 14.9 Å². The van der Waals surface area contributed by atoms with Crippen LogP contribution in [0.4, 0.5) is 0 Å². The molecule has 0 aliphatic carbocycles. The normalized spacial score (nSPS) is 35.1. The maximum Gasteiger partial charge on any atom is 0.217 e. The number of nitrogens with one attached hydrogen (secondary N) is 3. The quantitative estimate of drug-likeness (QED) is 0.338. The van der Waals surface area contributed by atoms with E-state index in [1.54, 1.807) is 0 Å². The van der Waals surface area contributed by atoms with Gasteiger partial charge in [-0.15, -0.1) is 0 Å². The van der Waals surface area contributed by atoms with Crippen molar-refractivity contribution < 1.29 is 29.7 Å². The van der Waals surface area contributed by atoms with Gasteiger partial charge >= 0.3 is 0 Å². The molecule has 2 saturated heterocycles. The highest BCUT2D eigenvalue weighted by molar-refractivity contribution is 5.73. The van der Waals surface area contributed by atoms with Crippen molar-refractivity contribution in [1.82, 2.24) is 21.0 Å². The van der Waals surface area contributed by atoms with Crippen LogP contribution >= 0.6 is 0 Å². The second kappa shape index (κ2) is 8.83. The van der Waals surface area contributed by atoms with Gasteiger partial charge < -0.3 is 30.8 Å². The number of carbonyl (C=O) groups is 2. The number of aliphatic hydroxyl groups is 2. The zero-order valence-electron chi connectivity index (χ0n) is 18.1. The Balaban J connectivity index is 2.20. The van der Waals surface area contributed by atoms with E-state index < -0.39 is 41.7 Å². The molecule has 3 unspecified atom stereocenters. The SMILES string of the molecule is CC(=O)NCC1O[C@@H](NC2CC(C)(C)N(O)C(C)(C)C2)C(NC(C)=O)C(O)[C@@H]1O. The zero-order valence-corrected chi connectivity index (χ0v) is 18.1. The lowest BCUT2D eigenvalue weighted by Crippen LogP contribution is -2.71. The van der Waals surface area contributed by atoms with Gasteiger partial charge in [0.2, 0.25) is 11.8 Å². The summed E-state index contributed by atoms with van der Waals surface area (Å²) in [7, 11) is 0. The number of carbonyl (C=O) groups excluding carboxylic acids is 2. The van der Waals surface area contributed by atoms with Crippen molar-refractivity contribution in [3.05, 3.63) is 0 Å². The number of ether oxygens (including phenoxy) is 1. The summed E-state index contributed by atoms with van der Waals surface area (Å²) in [6.45, 7) is 10.5. The number of hydrogen-bond donors (Lipinski definition) is 6. The fourth-order valence-electron chi connectivity index (χ4n) is 4.54. The van der Waals surface area contributed by atoms with E-state index in [2.05, 4.69) is 16.0 Å². The molecule has 0 radical (unpaired) electrons. The third-order valence-corrected chi connectivity index (χ3v) is 5.71. The smallest absolute Gasteiger partial charge is 0.217 e. The number of nitrogens with zero attached hydrogens (tertiary/aromatic N) is 1. The molecule has 6 N–H and O–H groups in total. The molecule has 0 bridgehead atoms. The van der Waals surface area contributed by atoms with Crippen LogP contribution in [0.5, 0.6) is 0 Å². The first-order valence-corrected chi connectivity index (χ1v) is 10.0. The molecule has 0 saturated carbocycles. The number of amides is 2. The predicted octanol–water partition coefficient (Wildman–Crippen LogP) is -0.926. The van der Waals surface area contributed by atoms with Crippen LogP contribution in [-0.2, 0) is 14.3 Å². The van der Waals surface area contributed by atoms with E-state index in [4.69, 9.17) is 4.74 Å². The minimum Gasteiger partial charge on any atom is -0.388 e. The Morgan fingerprint density at radius 1 is 1.03 bits per heavy atom. The third-order valence-electron chi connectivity index (χ3n) is 5.71. The molecule has 0 aromatic rings. The summed E-state index contributed by atoms with van der Waals surface area (Å²) in [6.07, 6.45) is -2.96. The first-order chi connectivity index (χ1) is 13.2. The van der Waals surface area contributed by atoms with Gasteiger partial charge in [0.15, 0.2) is 0 Å². The van der Waals surface area contributed by atoms with Crippen LogP contribution in [0.25, 0.3) is 0 Å². The standard InChI is InChI=1S/C19H36N4O6/c1-10(24)20-9-13-15(26)16(27)14(21-11(2)25)17(29-13)22-12-7-18(3,4)23(28)19(5,6)8-12/h12-17,22,26-28H,7-9H2,1-6H3,(H,20,24)(H,21,25)/t13?,14?,15-,16?,17-/m1/s1. The van der Waals surface area contributed by atoms with Crippen molar-refractivity contribution in [2.75, 3.05) is 6.54 Å². The van der Waals surface area contributed by atoms with Crippen LogP contribution in [-0.4, -0.2) is 86.5 Å². The van der Waals surface area contributed by atoms with Crippen molar-refractivity contribution in [2.45, 2.75) is 102 Å². The second-order valence-corrected chi connectivity index (χ2v) is 9.45. The number of hydrogen-bond acceptors (Lipinski definition) is 8. The van der Waals surface area contributed by atoms with E-state index in [0.29, 0.717) is 12.8 Å². The van der Waals surface area contributed by atoms with Crippen LogP contribution < -0.4 is 16.0 Å². The minimum absolute atomic E-state index is 0.0323. The lowest BCUT2D eigenvalue weighted by atomic mass is 9.78. The average Bonchev–Trinajstić information content (AvgIpc) is 2.57. The Kier molecular flexibility index (Phi) is 7.30. The molecule has 2 heterocycles. The summed E-state index contributed by atoms with van der Waals surface area (Å²) in [6, 6.07) is -0.942. The molecule has 2 rings (SSSR count). The highest BCUT2D eigenvalue weighted by Crippen LogP contribution is 2.37. The molecule has 29 heavy (non-hydrogen) atoms. The molecule has 2 aliphatic rings. The van der Waals surface area contributed by atoms with E-state index in [0.717, 1.165) is 0 Å². The van der Waals surface area contributed by atoms with Gasteiger partial charge in [-0.05, 0) is 40.5 Å². The highest BCUT2D eigenvalue weighted by atomic mass is 16.5. The van der Waals surface area contributed by atoms with Crippen LogP contribution in [0.3, 0.4) is 0 Å². The fourth-order valence-corrected chi connectivity index (χ4v) is 4.54.